The number of fused-ring (bicyclic) bond motifs is 1. The van der Waals surface area contributed by atoms with Crippen LogP contribution in [0.5, 0.6) is 0 Å². The summed E-state index contributed by atoms with van der Waals surface area (Å²) in [5, 5.41) is 13.6. The third-order valence-electron chi connectivity index (χ3n) is 3.60. The van der Waals surface area contributed by atoms with Crippen LogP contribution < -0.4 is 0 Å². The molecule has 5 heteroatoms. The van der Waals surface area contributed by atoms with Crippen molar-refractivity contribution in [2.75, 3.05) is 13.2 Å². The summed E-state index contributed by atoms with van der Waals surface area (Å²) in [6.07, 6.45) is 2.05. The van der Waals surface area contributed by atoms with E-state index in [1.54, 1.807) is 11.3 Å². The fourth-order valence-electron chi connectivity index (χ4n) is 2.56. The van der Waals surface area contributed by atoms with Gasteiger partial charge in [-0.3, -0.25) is 4.90 Å². The lowest BCUT2D eigenvalue weighted by Crippen LogP contribution is -2.26. The van der Waals surface area contributed by atoms with Crippen LogP contribution >= 0.6 is 11.3 Å². The summed E-state index contributed by atoms with van der Waals surface area (Å²) in [6, 6.07) is 8.18. The molecule has 0 spiro atoms. The zero-order valence-electron chi connectivity index (χ0n) is 12.1. The van der Waals surface area contributed by atoms with Gasteiger partial charge >= 0.3 is 0 Å². The second kappa shape index (κ2) is 6.39. The molecule has 0 saturated carbocycles. The maximum atomic E-state index is 9.32. The SMILES string of the molecule is Cc1nc2ccccn2c1CN(CCO)Cc1ccsc1. The van der Waals surface area contributed by atoms with E-state index in [4.69, 9.17) is 0 Å². The van der Waals surface area contributed by atoms with Crippen molar-refractivity contribution in [1.29, 1.82) is 0 Å². The number of thiophene rings is 1. The van der Waals surface area contributed by atoms with E-state index in [-0.39, 0.29) is 6.61 Å². The van der Waals surface area contributed by atoms with Gasteiger partial charge in [-0.15, -0.1) is 0 Å². The normalized spacial score (nSPS) is 11.6. The first-order chi connectivity index (χ1) is 10.3. The van der Waals surface area contributed by atoms with E-state index in [1.165, 1.54) is 11.3 Å². The van der Waals surface area contributed by atoms with E-state index in [1.807, 2.05) is 31.3 Å². The van der Waals surface area contributed by atoms with Crippen LogP contribution in [0.3, 0.4) is 0 Å². The monoisotopic (exact) mass is 301 g/mol. The second-order valence-corrected chi connectivity index (χ2v) is 5.92. The van der Waals surface area contributed by atoms with Gasteiger partial charge in [-0.25, -0.2) is 4.98 Å². The molecule has 0 aliphatic rings. The van der Waals surface area contributed by atoms with Crippen molar-refractivity contribution < 1.29 is 5.11 Å². The Bertz CT molecular complexity index is 705. The number of aliphatic hydroxyl groups is 1. The standard InChI is InChI=1S/C16H19N3OS/c1-13-15(19-6-3-2-4-16(19)17-13)11-18(7-8-20)10-14-5-9-21-12-14/h2-6,9,12,20H,7-8,10-11H2,1H3. The van der Waals surface area contributed by atoms with Crippen molar-refractivity contribution in [3.05, 3.63) is 58.2 Å². The molecule has 0 atom stereocenters. The van der Waals surface area contributed by atoms with Gasteiger partial charge < -0.3 is 9.51 Å². The first-order valence-electron chi connectivity index (χ1n) is 7.05. The average Bonchev–Trinajstić information content (AvgIpc) is 3.08. The highest BCUT2D eigenvalue weighted by molar-refractivity contribution is 7.07. The highest BCUT2D eigenvalue weighted by Gasteiger charge is 2.13. The predicted molar refractivity (Wildman–Crippen MR) is 85.4 cm³/mol. The maximum absolute atomic E-state index is 9.32. The summed E-state index contributed by atoms with van der Waals surface area (Å²) in [7, 11) is 0. The first-order valence-corrected chi connectivity index (χ1v) is 7.99. The number of rotatable bonds is 6. The third kappa shape index (κ3) is 3.15. The Labute approximate surface area is 128 Å². The van der Waals surface area contributed by atoms with Gasteiger partial charge in [-0.05, 0) is 41.4 Å². The average molecular weight is 301 g/mol. The van der Waals surface area contributed by atoms with Crippen molar-refractivity contribution in [3.63, 3.8) is 0 Å². The van der Waals surface area contributed by atoms with E-state index < -0.39 is 0 Å². The maximum Gasteiger partial charge on any atom is 0.137 e. The summed E-state index contributed by atoms with van der Waals surface area (Å²) < 4.78 is 2.13. The molecule has 0 aliphatic carbocycles. The van der Waals surface area contributed by atoms with Crippen LogP contribution in [-0.4, -0.2) is 32.5 Å². The van der Waals surface area contributed by atoms with Crippen LogP contribution in [0.15, 0.2) is 41.2 Å². The topological polar surface area (TPSA) is 40.8 Å². The quantitative estimate of drug-likeness (QED) is 0.761. The van der Waals surface area contributed by atoms with Crippen LogP contribution in [-0.2, 0) is 13.1 Å². The number of aliphatic hydroxyl groups excluding tert-OH is 1. The summed E-state index contributed by atoms with van der Waals surface area (Å²) in [4.78, 5) is 6.85. The largest absolute Gasteiger partial charge is 0.395 e. The number of nitrogens with zero attached hydrogens (tertiary/aromatic N) is 3. The van der Waals surface area contributed by atoms with Crippen molar-refractivity contribution in [3.8, 4) is 0 Å². The van der Waals surface area contributed by atoms with Crippen LogP contribution in [0.2, 0.25) is 0 Å². The van der Waals surface area contributed by atoms with E-state index >= 15 is 0 Å². The van der Waals surface area contributed by atoms with Gasteiger partial charge in [0.05, 0.1) is 18.0 Å². The molecule has 110 valence electrons. The van der Waals surface area contributed by atoms with E-state index in [0.29, 0.717) is 6.54 Å². The summed E-state index contributed by atoms with van der Waals surface area (Å²) >= 11 is 1.71. The molecule has 4 nitrogen and oxygen atoms in total. The van der Waals surface area contributed by atoms with E-state index in [0.717, 1.165) is 24.4 Å². The van der Waals surface area contributed by atoms with Crippen LogP contribution in [0.4, 0.5) is 0 Å². The minimum absolute atomic E-state index is 0.167. The Morgan fingerprint density at radius 2 is 2.19 bits per heavy atom. The molecule has 1 N–H and O–H groups in total. The van der Waals surface area contributed by atoms with Crippen molar-refractivity contribution in [1.82, 2.24) is 14.3 Å². The van der Waals surface area contributed by atoms with Gasteiger partial charge in [-0.1, -0.05) is 6.07 Å². The number of hydrogen-bond donors (Lipinski definition) is 1. The Morgan fingerprint density at radius 3 is 2.95 bits per heavy atom. The fraction of sp³-hybridized carbons (Fsp3) is 0.312. The summed E-state index contributed by atoms with van der Waals surface area (Å²) in [5.74, 6) is 0. The molecule has 0 bridgehead atoms. The predicted octanol–water partition coefficient (Wildman–Crippen LogP) is 2.70. The number of hydrogen-bond acceptors (Lipinski definition) is 4. The highest BCUT2D eigenvalue weighted by Crippen LogP contribution is 2.16. The molecule has 3 heterocycles. The molecule has 0 aromatic carbocycles. The Hall–Kier alpha value is -1.69. The zero-order valence-corrected chi connectivity index (χ0v) is 12.9. The summed E-state index contributed by atoms with van der Waals surface area (Å²) in [6.45, 7) is 4.51. The Morgan fingerprint density at radius 1 is 1.29 bits per heavy atom. The molecular formula is C16H19N3OS. The molecule has 0 aliphatic heterocycles. The van der Waals surface area contributed by atoms with Crippen LogP contribution in [0.25, 0.3) is 5.65 Å². The molecule has 0 unspecified atom stereocenters. The minimum atomic E-state index is 0.167. The lowest BCUT2D eigenvalue weighted by Gasteiger charge is -2.21. The molecule has 0 fully saturated rings. The number of aryl methyl sites for hydroxylation is 1. The molecule has 0 saturated heterocycles. The number of pyridine rings is 1. The first kappa shape index (κ1) is 14.3. The molecule has 3 aromatic rings. The number of imidazole rings is 1. The molecule has 0 amide bonds. The highest BCUT2D eigenvalue weighted by atomic mass is 32.1. The zero-order chi connectivity index (χ0) is 14.7. The van der Waals surface area contributed by atoms with Gasteiger partial charge in [0.25, 0.3) is 0 Å². The fourth-order valence-corrected chi connectivity index (χ4v) is 3.22. The number of aromatic nitrogens is 2. The lowest BCUT2D eigenvalue weighted by atomic mass is 10.2. The van der Waals surface area contributed by atoms with Gasteiger partial charge in [0.2, 0.25) is 0 Å². The van der Waals surface area contributed by atoms with Gasteiger partial charge in [0.1, 0.15) is 5.65 Å². The molecular weight excluding hydrogens is 282 g/mol. The molecule has 3 rings (SSSR count). The smallest absolute Gasteiger partial charge is 0.137 e. The third-order valence-corrected chi connectivity index (χ3v) is 4.34. The van der Waals surface area contributed by atoms with Gasteiger partial charge in [0.15, 0.2) is 0 Å². The van der Waals surface area contributed by atoms with Crippen LogP contribution in [0.1, 0.15) is 17.0 Å². The molecule has 21 heavy (non-hydrogen) atoms. The van der Waals surface area contributed by atoms with Gasteiger partial charge in [-0.2, -0.15) is 11.3 Å². The van der Waals surface area contributed by atoms with Gasteiger partial charge in [0, 0.05) is 25.8 Å². The molecule has 3 aromatic heterocycles. The van der Waals surface area contributed by atoms with Crippen molar-refractivity contribution in [2.45, 2.75) is 20.0 Å². The van der Waals surface area contributed by atoms with Crippen molar-refractivity contribution in [2.24, 2.45) is 0 Å². The molecule has 0 radical (unpaired) electrons. The second-order valence-electron chi connectivity index (χ2n) is 5.14. The van der Waals surface area contributed by atoms with E-state index in [9.17, 15) is 5.11 Å². The Balaban J connectivity index is 1.85. The lowest BCUT2D eigenvalue weighted by molar-refractivity contribution is 0.182. The Kier molecular flexibility index (Phi) is 4.34. The summed E-state index contributed by atoms with van der Waals surface area (Å²) in [5.41, 5.74) is 4.51. The van der Waals surface area contributed by atoms with Crippen LogP contribution in [0, 0.1) is 6.92 Å². The minimum Gasteiger partial charge on any atom is -0.395 e. The van der Waals surface area contributed by atoms with E-state index in [2.05, 4.69) is 31.1 Å². The van der Waals surface area contributed by atoms with Crippen molar-refractivity contribution >= 4 is 17.0 Å².